The SMILES string of the molecule is CC(Oc1ccc(Br)cc1)C(=O)N1CCc2sccc2C1C. The maximum atomic E-state index is 12.7. The van der Waals surface area contributed by atoms with Crippen LogP contribution in [0.1, 0.15) is 30.3 Å². The van der Waals surface area contributed by atoms with Crippen LogP contribution in [0.3, 0.4) is 0 Å². The highest BCUT2D eigenvalue weighted by atomic mass is 79.9. The molecule has 0 radical (unpaired) electrons. The maximum Gasteiger partial charge on any atom is 0.263 e. The van der Waals surface area contributed by atoms with Crippen LogP contribution in [0.2, 0.25) is 0 Å². The summed E-state index contributed by atoms with van der Waals surface area (Å²) in [6, 6.07) is 9.80. The number of thiophene rings is 1. The molecule has 1 amide bonds. The van der Waals surface area contributed by atoms with E-state index in [4.69, 9.17) is 4.74 Å². The summed E-state index contributed by atoms with van der Waals surface area (Å²) in [5, 5.41) is 2.11. The summed E-state index contributed by atoms with van der Waals surface area (Å²) in [4.78, 5) is 16.0. The van der Waals surface area contributed by atoms with E-state index in [-0.39, 0.29) is 11.9 Å². The van der Waals surface area contributed by atoms with Gasteiger partial charge in [-0.1, -0.05) is 15.9 Å². The van der Waals surface area contributed by atoms with Crippen molar-refractivity contribution in [2.24, 2.45) is 0 Å². The fraction of sp³-hybridized carbons (Fsp3) is 0.353. The van der Waals surface area contributed by atoms with Crippen molar-refractivity contribution in [3.8, 4) is 5.75 Å². The van der Waals surface area contributed by atoms with E-state index in [0.717, 1.165) is 17.4 Å². The number of benzene rings is 1. The summed E-state index contributed by atoms with van der Waals surface area (Å²) in [5.41, 5.74) is 1.28. The van der Waals surface area contributed by atoms with Gasteiger partial charge in [-0.15, -0.1) is 11.3 Å². The molecular weight excluding hydrogens is 362 g/mol. The Morgan fingerprint density at radius 2 is 2.09 bits per heavy atom. The Morgan fingerprint density at radius 1 is 1.36 bits per heavy atom. The molecule has 3 nitrogen and oxygen atoms in total. The predicted molar refractivity (Wildman–Crippen MR) is 92.4 cm³/mol. The van der Waals surface area contributed by atoms with Crippen molar-refractivity contribution in [1.82, 2.24) is 4.90 Å². The first-order valence-corrected chi connectivity index (χ1v) is 9.02. The second kappa shape index (κ2) is 6.42. The standard InChI is InChI=1S/C17H18BrNO2S/c1-11-15-8-10-22-16(15)7-9-19(11)17(20)12(2)21-14-5-3-13(18)4-6-14/h3-6,8,10-12H,7,9H2,1-2H3. The number of hydrogen-bond donors (Lipinski definition) is 0. The van der Waals surface area contributed by atoms with Gasteiger partial charge in [-0.25, -0.2) is 0 Å². The average molecular weight is 380 g/mol. The number of fused-ring (bicyclic) bond motifs is 1. The van der Waals surface area contributed by atoms with E-state index in [9.17, 15) is 4.79 Å². The van der Waals surface area contributed by atoms with Gasteiger partial charge in [-0.3, -0.25) is 4.79 Å². The highest BCUT2D eigenvalue weighted by Gasteiger charge is 2.31. The summed E-state index contributed by atoms with van der Waals surface area (Å²) in [6.45, 7) is 4.68. The second-order valence-corrected chi connectivity index (χ2v) is 7.39. The monoisotopic (exact) mass is 379 g/mol. The highest BCUT2D eigenvalue weighted by Crippen LogP contribution is 2.33. The minimum Gasteiger partial charge on any atom is -0.481 e. The molecule has 0 saturated carbocycles. The van der Waals surface area contributed by atoms with Gasteiger partial charge in [0.15, 0.2) is 6.10 Å². The fourth-order valence-corrected chi connectivity index (χ4v) is 4.04. The second-order valence-electron chi connectivity index (χ2n) is 5.47. The first kappa shape index (κ1) is 15.6. The van der Waals surface area contributed by atoms with Crippen LogP contribution in [-0.4, -0.2) is 23.5 Å². The van der Waals surface area contributed by atoms with Gasteiger partial charge in [0.1, 0.15) is 5.75 Å². The zero-order chi connectivity index (χ0) is 15.7. The van der Waals surface area contributed by atoms with Gasteiger partial charge in [0.2, 0.25) is 0 Å². The smallest absolute Gasteiger partial charge is 0.263 e. The maximum absolute atomic E-state index is 12.7. The molecule has 2 atom stereocenters. The molecule has 3 rings (SSSR count). The number of rotatable bonds is 3. The normalized spacial score (nSPS) is 18.7. The Bertz CT molecular complexity index is 668. The average Bonchev–Trinajstić information content (AvgIpc) is 2.99. The summed E-state index contributed by atoms with van der Waals surface area (Å²) < 4.78 is 6.79. The number of carbonyl (C=O) groups excluding carboxylic acids is 1. The quantitative estimate of drug-likeness (QED) is 0.789. The van der Waals surface area contributed by atoms with E-state index in [1.54, 1.807) is 11.3 Å². The van der Waals surface area contributed by atoms with Gasteiger partial charge < -0.3 is 9.64 Å². The molecule has 2 aromatic rings. The van der Waals surface area contributed by atoms with Crippen LogP contribution in [0.5, 0.6) is 5.75 Å². The molecule has 116 valence electrons. The molecule has 5 heteroatoms. The Hall–Kier alpha value is -1.33. The van der Waals surface area contributed by atoms with Gasteiger partial charge in [0.25, 0.3) is 5.91 Å². The lowest BCUT2D eigenvalue weighted by molar-refractivity contribution is -0.140. The van der Waals surface area contributed by atoms with Gasteiger partial charge in [-0.2, -0.15) is 0 Å². The first-order valence-electron chi connectivity index (χ1n) is 7.35. The number of halogens is 1. The van der Waals surface area contributed by atoms with Crippen molar-refractivity contribution in [2.45, 2.75) is 32.4 Å². The lowest BCUT2D eigenvalue weighted by Gasteiger charge is -2.35. The molecule has 0 bridgehead atoms. The number of carbonyl (C=O) groups is 1. The minimum atomic E-state index is -0.483. The Labute approximate surface area is 143 Å². The van der Waals surface area contributed by atoms with Crippen molar-refractivity contribution in [2.75, 3.05) is 6.54 Å². The third kappa shape index (κ3) is 3.06. The summed E-state index contributed by atoms with van der Waals surface area (Å²) >= 11 is 5.17. The van der Waals surface area contributed by atoms with Crippen molar-refractivity contribution in [3.63, 3.8) is 0 Å². The van der Waals surface area contributed by atoms with E-state index in [2.05, 4.69) is 34.3 Å². The van der Waals surface area contributed by atoms with Crippen molar-refractivity contribution >= 4 is 33.2 Å². The first-order chi connectivity index (χ1) is 10.6. The van der Waals surface area contributed by atoms with E-state index < -0.39 is 6.10 Å². The number of amides is 1. The van der Waals surface area contributed by atoms with Gasteiger partial charge in [0.05, 0.1) is 6.04 Å². The van der Waals surface area contributed by atoms with Gasteiger partial charge in [0, 0.05) is 15.9 Å². The van der Waals surface area contributed by atoms with Crippen LogP contribution in [-0.2, 0) is 11.2 Å². The largest absolute Gasteiger partial charge is 0.481 e. The summed E-state index contributed by atoms with van der Waals surface area (Å²) in [6.07, 6.45) is 0.456. The van der Waals surface area contributed by atoms with Gasteiger partial charge >= 0.3 is 0 Å². The topological polar surface area (TPSA) is 29.5 Å². The van der Waals surface area contributed by atoms with Crippen molar-refractivity contribution in [3.05, 3.63) is 50.6 Å². The molecule has 0 spiro atoms. The molecule has 1 aromatic heterocycles. The zero-order valence-corrected chi connectivity index (χ0v) is 15.0. The molecule has 2 unspecified atom stereocenters. The summed E-state index contributed by atoms with van der Waals surface area (Å²) in [7, 11) is 0. The van der Waals surface area contributed by atoms with E-state index in [0.29, 0.717) is 5.75 Å². The van der Waals surface area contributed by atoms with Crippen molar-refractivity contribution < 1.29 is 9.53 Å². The van der Waals surface area contributed by atoms with Crippen LogP contribution in [0.25, 0.3) is 0 Å². The number of ether oxygens (including phenoxy) is 1. The van der Waals surface area contributed by atoms with Crippen LogP contribution in [0.4, 0.5) is 0 Å². The Morgan fingerprint density at radius 3 is 2.82 bits per heavy atom. The molecule has 0 saturated heterocycles. The Kier molecular flexibility index (Phi) is 4.54. The molecular formula is C17H18BrNO2S. The molecule has 1 aromatic carbocycles. The van der Waals surface area contributed by atoms with Crippen LogP contribution < -0.4 is 4.74 Å². The van der Waals surface area contributed by atoms with Crippen LogP contribution >= 0.6 is 27.3 Å². The predicted octanol–water partition coefficient (Wildman–Crippen LogP) is 4.42. The van der Waals surface area contributed by atoms with Crippen molar-refractivity contribution in [1.29, 1.82) is 0 Å². The van der Waals surface area contributed by atoms with E-state index >= 15 is 0 Å². The van der Waals surface area contributed by atoms with Crippen LogP contribution in [0.15, 0.2) is 40.2 Å². The fourth-order valence-electron chi connectivity index (χ4n) is 2.81. The molecule has 1 aliphatic rings. The molecule has 1 aliphatic heterocycles. The van der Waals surface area contributed by atoms with Gasteiger partial charge in [-0.05, 0) is 61.5 Å². The third-order valence-corrected chi connectivity index (χ3v) is 5.56. The third-order valence-electron chi connectivity index (χ3n) is 4.03. The molecule has 22 heavy (non-hydrogen) atoms. The highest BCUT2D eigenvalue weighted by molar-refractivity contribution is 9.10. The molecule has 2 heterocycles. The number of hydrogen-bond acceptors (Lipinski definition) is 3. The van der Waals surface area contributed by atoms with E-state index in [1.807, 2.05) is 36.1 Å². The lowest BCUT2D eigenvalue weighted by atomic mass is 10.0. The lowest BCUT2D eigenvalue weighted by Crippen LogP contribution is -2.44. The zero-order valence-electron chi connectivity index (χ0n) is 12.6. The molecule has 0 N–H and O–H groups in total. The number of nitrogens with zero attached hydrogens (tertiary/aromatic N) is 1. The molecule has 0 aliphatic carbocycles. The van der Waals surface area contributed by atoms with Crippen LogP contribution in [0, 0.1) is 0 Å². The summed E-state index contributed by atoms with van der Waals surface area (Å²) in [5.74, 6) is 0.761. The Balaban J connectivity index is 1.70. The van der Waals surface area contributed by atoms with E-state index in [1.165, 1.54) is 10.4 Å². The minimum absolute atomic E-state index is 0.0484. The molecule has 0 fully saturated rings.